The lowest BCUT2D eigenvalue weighted by Gasteiger charge is -2.10. The SMILES string of the molecule is CCOC(=O)C(CC)c1nc2ccc(CC)cc2[nH]1. The Bertz CT molecular complexity index is 575. The predicted molar refractivity (Wildman–Crippen MR) is 75.1 cm³/mol. The van der Waals surface area contributed by atoms with E-state index in [4.69, 9.17) is 4.74 Å². The van der Waals surface area contributed by atoms with Crippen molar-refractivity contribution in [3.8, 4) is 0 Å². The standard InChI is InChI=1S/C15H20N2O2/c1-4-10-7-8-12-13(9-10)17-14(16-12)11(5-2)15(18)19-6-3/h7-9,11H,4-6H2,1-3H3,(H,16,17). The van der Waals surface area contributed by atoms with E-state index in [0.29, 0.717) is 18.9 Å². The summed E-state index contributed by atoms with van der Waals surface area (Å²) >= 11 is 0. The molecule has 0 aliphatic carbocycles. The molecule has 1 heterocycles. The van der Waals surface area contributed by atoms with E-state index in [1.165, 1.54) is 5.56 Å². The maximum absolute atomic E-state index is 11.9. The van der Waals surface area contributed by atoms with Gasteiger partial charge in [-0.3, -0.25) is 4.79 Å². The number of nitrogens with zero attached hydrogens (tertiary/aromatic N) is 1. The van der Waals surface area contributed by atoms with Gasteiger partial charge in [0, 0.05) is 0 Å². The summed E-state index contributed by atoms with van der Waals surface area (Å²) in [6, 6.07) is 6.15. The minimum absolute atomic E-state index is 0.209. The summed E-state index contributed by atoms with van der Waals surface area (Å²) in [5.74, 6) is 0.182. The first-order chi connectivity index (χ1) is 9.19. The van der Waals surface area contributed by atoms with E-state index in [0.717, 1.165) is 17.5 Å². The molecule has 0 spiro atoms. The van der Waals surface area contributed by atoms with Crippen LogP contribution in [0.3, 0.4) is 0 Å². The molecule has 2 rings (SSSR count). The quantitative estimate of drug-likeness (QED) is 0.840. The number of aromatic nitrogens is 2. The number of fused-ring (bicyclic) bond motifs is 1. The van der Waals surface area contributed by atoms with Gasteiger partial charge in [0.15, 0.2) is 0 Å². The van der Waals surface area contributed by atoms with Gasteiger partial charge in [0.25, 0.3) is 0 Å². The van der Waals surface area contributed by atoms with Gasteiger partial charge in [-0.1, -0.05) is 19.9 Å². The Kier molecular flexibility index (Phi) is 4.20. The second-order valence-electron chi connectivity index (χ2n) is 4.54. The van der Waals surface area contributed by atoms with Crippen molar-refractivity contribution in [2.45, 2.75) is 39.5 Å². The van der Waals surface area contributed by atoms with Crippen LogP contribution in [-0.2, 0) is 16.0 Å². The lowest BCUT2D eigenvalue weighted by molar-refractivity contribution is -0.145. The summed E-state index contributed by atoms with van der Waals surface area (Å²) in [6.07, 6.45) is 1.67. The third-order valence-corrected chi connectivity index (χ3v) is 3.28. The Hall–Kier alpha value is -1.84. The number of benzene rings is 1. The minimum atomic E-state index is -0.308. The molecule has 2 aromatic rings. The van der Waals surface area contributed by atoms with Gasteiger partial charge in [0.1, 0.15) is 11.7 Å². The Morgan fingerprint density at radius 2 is 2.16 bits per heavy atom. The van der Waals surface area contributed by atoms with Crippen LogP contribution in [0.25, 0.3) is 11.0 Å². The van der Waals surface area contributed by atoms with Gasteiger partial charge in [-0.25, -0.2) is 4.98 Å². The summed E-state index contributed by atoms with van der Waals surface area (Å²) in [7, 11) is 0. The van der Waals surface area contributed by atoms with E-state index >= 15 is 0 Å². The van der Waals surface area contributed by atoms with Gasteiger partial charge in [-0.05, 0) is 37.5 Å². The molecule has 0 saturated heterocycles. The second-order valence-corrected chi connectivity index (χ2v) is 4.54. The van der Waals surface area contributed by atoms with Crippen LogP contribution in [-0.4, -0.2) is 22.5 Å². The monoisotopic (exact) mass is 260 g/mol. The van der Waals surface area contributed by atoms with Crippen molar-refractivity contribution in [2.24, 2.45) is 0 Å². The molecule has 1 aromatic carbocycles. The third-order valence-electron chi connectivity index (χ3n) is 3.28. The highest BCUT2D eigenvalue weighted by Crippen LogP contribution is 2.22. The molecule has 4 heteroatoms. The number of hydrogen-bond donors (Lipinski definition) is 1. The first-order valence-corrected chi connectivity index (χ1v) is 6.84. The first-order valence-electron chi connectivity index (χ1n) is 6.84. The summed E-state index contributed by atoms with van der Waals surface area (Å²) in [5, 5.41) is 0. The van der Waals surface area contributed by atoms with Gasteiger partial charge in [0.2, 0.25) is 0 Å². The van der Waals surface area contributed by atoms with Gasteiger partial charge >= 0.3 is 5.97 Å². The van der Waals surface area contributed by atoms with Crippen molar-refractivity contribution in [1.29, 1.82) is 0 Å². The molecule has 0 radical (unpaired) electrons. The van der Waals surface area contributed by atoms with Gasteiger partial charge < -0.3 is 9.72 Å². The highest BCUT2D eigenvalue weighted by atomic mass is 16.5. The molecule has 1 atom stereocenters. The highest BCUT2D eigenvalue weighted by Gasteiger charge is 2.23. The molecule has 0 fully saturated rings. The van der Waals surface area contributed by atoms with Crippen LogP contribution in [0.2, 0.25) is 0 Å². The number of ether oxygens (including phenoxy) is 1. The average molecular weight is 260 g/mol. The second kappa shape index (κ2) is 5.87. The Labute approximate surface area is 113 Å². The van der Waals surface area contributed by atoms with Crippen molar-refractivity contribution in [1.82, 2.24) is 9.97 Å². The van der Waals surface area contributed by atoms with E-state index in [-0.39, 0.29) is 11.9 Å². The summed E-state index contributed by atoms with van der Waals surface area (Å²) in [4.78, 5) is 19.6. The van der Waals surface area contributed by atoms with Crippen molar-refractivity contribution in [2.75, 3.05) is 6.61 Å². The number of aromatic amines is 1. The summed E-state index contributed by atoms with van der Waals surface area (Å²) < 4.78 is 5.09. The zero-order valence-corrected chi connectivity index (χ0v) is 11.7. The molecular formula is C15H20N2O2. The largest absolute Gasteiger partial charge is 0.465 e. The Balaban J connectivity index is 2.35. The van der Waals surface area contributed by atoms with Crippen molar-refractivity contribution in [3.05, 3.63) is 29.6 Å². The maximum atomic E-state index is 11.9. The van der Waals surface area contributed by atoms with E-state index in [9.17, 15) is 4.79 Å². The highest BCUT2D eigenvalue weighted by molar-refractivity contribution is 5.81. The van der Waals surface area contributed by atoms with E-state index in [2.05, 4.69) is 29.0 Å². The summed E-state index contributed by atoms with van der Waals surface area (Å²) in [6.45, 7) is 6.30. The molecule has 0 aliphatic heterocycles. The smallest absolute Gasteiger partial charge is 0.316 e. The molecule has 0 bridgehead atoms. The lowest BCUT2D eigenvalue weighted by Crippen LogP contribution is -2.16. The van der Waals surface area contributed by atoms with Crippen molar-refractivity contribution >= 4 is 17.0 Å². The number of H-pyrrole nitrogens is 1. The molecule has 0 aliphatic rings. The third kappa shape index (κ3) is 2.78. The number of aryl methyl sites for hydroxylation is 1. The Morgan fingerprint density at radius 3 is 2.79 bits per heavy atom. The fourth-order valence-corrected chi connectivity index (χ4v) is 2.18. The van der Waals surface area contributed by atoms with Gasteiger partial charge in [-0.15, -0.1) is 0 Å². The Morgan fingerprint density at radius 1 is 1.37 bits per heavy atom. The number of nitrogens with one attached hydrogen (secondary N) is 1. The molecule has 1 N–H and O–H groups in total. The normalized spacial score (nSPS) is 12.6. The van der Waals surface area contributed by atoms with E-state index < -0.39 is 0 Å². The number of esters is 1. The predicted octanol–water partition coefficient (Wildman–Crippen LogP) is 3.18. The van der Waals surface area contributed by atoms with E-state index in [1.807, 2.05) is 19.9 Å². The molecule has 0 saturated carbocycles. The topological polar surface area (TPSA) is 55.0 Å². The average Bonchev–Trinajstić information content (AvgIpc) is 2.82. The first kappa shape index (κ1) is 13.6. The lowest BCUT2D eigenvalue weighted by atomic mass is 10.1. The minimum Gasteiger partial charge on any atom is -0.465 e. The molecule has 1 aromatic heterocycles. The maximum Gasteiger partial charge on any atom is 0.316 e. The zero-order valence-electron chi connectivity index (χ0n) is 11.7. The number of hydrogen-bond acceptors (Lipinski definition) is 3. The van der Waals surface area contributed by atoms with Gasteiger partial charge in [-0.2, -0.15) is 0 Å². The molecule has 1 unspecified atom stereocenters. The van der Waals surface area contributed by atoms with Crippen LogP contribution in [0.1, 0.15) is 44.5 Å². The zero-order chi connectivity index (χ0) is 13.8. The molecule has 4 nitrogen and oxygen atoms in total. The fourth-order valence-electron chi connectivity index (χ4n) is 2.18. The number of rotatable bonds is 5. The molecular weight excluding hydrogens is 240 g/mol. The van der Waals surface area contributed by atoms with Gasteiger partial charge in [0.05, 0.1) is 17.6 Å². The van der Waals surface area contributed by atoms with Crippen molar-refractivity contribution < 1.29 is 9.53 Å². The van der Waals surface area contributed by atoms with Crippen LogP contribution >= 0.6 is 0 Å². The van der Waals surface area contributed by atoms with Crippen LogP contribution in [0.4, 0.5) is 0 Å². The van der Waals surface area contributed by atoms with E-state index in [1.54, 1.807) is 0 Å². The molecule has 102 valence electrons. The van der Waals surface area contributed by atoms with Crippen LogP contribution in [0.5, 0.6) is 0 Å². The number of imidazole rings is 1. The molecule has 19 heavy (non-hydrogen) atoms. The number of carbonyl (C=O) groups excluding carboxylic acids is 1. The van der Waals surface area contributed by atoms with Crippen LogP contribution < -0.4 is 0 Å². The number of carbonyl (C=O) groups is 1. The fraction of sp³-hybridized carbons (Fsp3) is 0.467. The van der Waals surface area contributed by atoms with Crippen LogP contribution in [0, 0.1) is 0 Å². The van der Waals surface area contributed by atoms with Crippen LogP contribution in [0.15, 0.2) is 18.2 Å². The molecule has 0 amide bonds. The summed E-state index contributed by atoms with van der Waals surface area (Å²) in [5.41, 5.74) is 3.14. The van der Waals surface area contributed by atoms with Crippen molar-refractivity contribution in [3.63, 3.8) is 0 Å².